The fourth-order valence-corrected chi connectivity index (χ4v) is 3.12. The number of hydrogen-bond acceptors (Lipinski definition) is 9. The van der Waals surface area contributed by atoms with Crippen LogP contribution in [0.5, 0.6) is 34.5 Å². The van der Waals surface area contributed by atoms with E-state index in [9.17, 15) is 40.7 Å². The number of carbonyl (C=O) groups excluding carboxylic acids is 2. The molecule has 0 unspecified atom stereocenters. The van der Waals surface area contributed by atoms with Gasteiger partial charge in [-0.15, -0.1) is 0 Å². The maximum atomic E-state index is 12.1. The number of hydrogen-bond donors (Lipinski definition) is 2. The van der Waals surface area contributed by atoms with Crippen molar-refractivity contribution in [3.8, 4) is 34.5 Å². The van der Waals surface area contributed by atoms with E-state index in [1.807, 2.05) is 0 Å². The number of aromatic carboxylic acids is 1. The number of rotatable bonds is 13. The zero-order valence-corrected chi connectivity index (χ0v) is 28.2. The molecule has 50 heavy (non-hydrogen) atoms. The van der Waals surface area contributed by atoms with Gasteiger partial charge in [-0.2, -0.15) is 26.3 Å². The largest absolute Gasteiger partial charge is 0.504 e. The number of carboxylic acid groups (broad SMARTS) is 1. The maximum absolute atomic E-state index is 12.1. The lowest BCUT2D eigenvalue weighted by molar-refractivity contribution is -0.0524. The van der Waals surface area contributed by atoms with Crippen molar-refractivity contribution in [2.75, 3.05) is 0 Å². The third kappa shape index (κ3) is 19.6. The van der Waals surface area contributed by atoms with Gasteiger partial charge in [0.05, 0.1) is 17.8 Å². The van der Waals surface area contributed by atoms with Gasteiger partial charge in [-0.1, -0.05) is 20.8 Å². The minimum Gasteiger partial charge on any atom is -0.504 e. The summed E-state index contributed by atoms with van der Waals surface area (Å²) in [5.74, 6) is -1.29. The number of aldehydes is 2. The van der Waals surface area contributed by atoms with E-state index in [0.717, 1.165) is 30.2 Å². The third-order valence-electron chi connectivity index (χ3n) is 4.79. The van der Waals surface area contributed by atoms with Crippen molar-refractivity contribution in [3.63, 3.8) is 0 Å². The summed E-state index contributed by atoms with van der Waals surface area (Å²) in [5.41, 5.74) is 0.485. The molecule has 16 heteroatoms. The number of carboxylic acids is 1. The van der Waals surface area contributed by atoms with Crippen LogP contribution in [-0.2, 0) is 0 Å². The molecule has 0 fully saturated rings. The zero-order chi connectivity index (χ0) is 38.6. The normalized spacial score (nSPS) is 10.4. The summed E-state index contributed by atoms with van der Waals surface area (Å²) in [4.78, 5) is 31.5. The second-order valence-electron chi connectivity index (χ2n) is 10.8. The molecule has 0 atom stereocenters. The summed E-state index contributed by atoms with van der Waals surface area (Å²) in [7, 11) is 0. The third-order valence-corrected chi connectivity index (χ3v) is 4.79. The molecule has 0 amide bonds. The first-order valence-corrected chi connectivity index (χ1v) is 14.7. The zero-order valence-electron chi connectivity index (χ0n) is 28.2. The minimum atomic E-state index is -2.99. The van der Waals surface area contributed by atoms with Gasteiger partial charge in [0.1, 0.15) is 12.6 Å². The Morgan fingerprint density at radius 1 is 0.560 bits per heavy atom. The van der Waals surface area contributed by atoms with E-state index in [2.05, 4.69) is 35.0 Å². The van der Waals surface area contributed by atoms with Crippen molar-refractivity contribution >= 4 is 18.5 Å². The number of alkyl halides is 6. The van der Waals surface area contributed by atoms with E-state index in [4.69, 9.17) is 19.7 Å². The van der Waals surface area contributed by atoms with Crippen LogP contribution in [0.4, 0.5) is 26.3 Å². The number of phenols is 1. The smallest absolute Gasteiger partial charge is 0.387 e. The van der Waals surface area contributed by atoms with Crippen molar-refractivity contribution in [2.45, 2.75) is 80.5 Å². The molecule has 0 heterocycles. The van der Waals surface area contributed by atoms with Crippen LogP contribution in [0.3, 0.4) is 0 Å². The summed E-state index contributed by atoms with van der Waals surface area (Å²) in [6.45, 7) is 4.49. The Morgan fingerprint density at radius 3 is 1.28 bits per heavy atom. The first-order chi connectivity index (χ1) is 23.3. The second kappa shape index (κ2) is 23.2. The predicted octanol–water partition coefficient (Wildman–Crippen LogP) is 9.13. The quantitative estimate of drug-likeness (QED) is 0.130. The molecular weight excluding hydrogens is 682 g/mol. The predicted molar refractivity (Wildman–Crippen MR) is 171 cm³/mol. The Hall–Kier alpha value is -5.15. The second-order valence-corrected chi connectivity index (χ2v) is 10.8. The Kier molecular flexibility index (Phi) is 20.9. The SMILES string of the molecule is CC(C)C.CC(C)Oc1cc(C(=O)O)ccc1OC(F)F.CC(C)Oc1cc(C=O)ccc1OC(F)F.O=Cc1ccc(OC(F)F)c(O)c1. The highest BCUT2D eigenvalue weighted by Gasteiger charge is 2.16. The standard InChI is InChI=1S/C11H12F2O4.C11H12F2O3.C8H6F2O3.C4H10/c1-6(2)16-9-5-7(10(14)15)3-4-8(9)17-11(12)13;1-7(2)15-10-5-8(6-14)3-4-9(10)16-11(12)13;9-8(10)13-7-2-1-5(4-11)3-6(7)12;1-4(2)3/h3-6,11H,1-2H3,(H,14,15);3-7,11H,1-2H3;1-4,8,12H;4H,1-3H3. The van der Waals surface area contributed by atoms with Crippen LogP contribution in [0.25, 0.3) is 0 Å². The summed E-state index contributed by atoms with van der Waals surface area (Å²) in [5, 5.41) is 17.8. The monoisotopic (exact) mass is 722 g/mol. The highest BCUT2D eigenvalue weighted by atomic mass is 19.3. The van der Waals surface area contributed by atoms with Crippen molar-refractivity contribution < 1.29 is 74.6 Å². The van der Waals surface area contributed by atoms with Crippen LogP contribution >= 0.6 is 0 Å². The molecule has 278 valence electrons. The molecule has 0 saturated carbocycles. The highest BCUT2D eigenvalue weighted by molar-refractivity contribution is 5.88. The molecule has 0 aliphatic rings. The van der Waals surface area contributed by atoms with E-state index in [1.165, 1.54) is 30.3 Å². The fraction of sp³-hybridized carbons (Fsp3) is 0.382. The van der Waals surface area contributed by atoms with Gasteiger partial charge in [0.15, 0.2) is 34.5 Å². The molecule has 10 nitrogen and oxygen atoms in total. The van der Waals surface area contributed by atoms with Crippen LogP contribution in [0.15, 0.2) is 54.6 Å². The Bertz CT molecular complexity index is 1460. The van der Waals surface area contributed by atoms with Crippen LogP contribution in [0.1, 0.15) is 79.5 Å². The van der Waals surface area contributed by atoms with Crippen molar-refractivity contribution in [1.82, 2.24) is 0 Å². The van der Waals surface area contributed by atoms with Gasteiger partial charge in [-0.3, -0.25) is 9.59 Å². The molecule has 0 saturated heterocycles. The number of phenolic OH excluding ortho intramolecular Hbond substituents is 1. The fourth-order valence-electron chi connectivity index (χ4n) is 3.12. The van der Waals surface area contributed by atoms with Crippen LogP contribution in [-0.4, -0.2) is 60.8 Å². The van der Waals surface area contributed by atoms with Crippen molar-refractivity contribution in [3.05, 3.63) is 71.3 Å². The van der Waals surface area contributed by atoms with E-state index in [1.54, 1.807) is 27.7 Å². The van der Waals surface area contributed by atoms with Gasteiger partial charge in [0, 0.05) is 11.1 Å². The van der Waals surface area contributed by atoms with Gasteiger partial charge in [0.25, 0.3) is 0 Å². The van der Waals surface area contributed by atoms with E-state index < -0.39 is 31.6 Å². The van der Waals surface area contributed by atoms with Crippen molar-refractivity contribution in [2.24, 2.45) is 5.92 Å². The lowest BCUT2D eigenvalue weighted by Gasteiger charge is -2.15. The summed E-state index contributed by atoms with van der Waals surface area (Å²) in [6.07, 6.45) is 0.631. The van der Waals surface area contributed by atoms with Crippen molar-refractivity contribution in [1.29, 1.82) is 0 Å². The molecule has 3 rings (SSSR count). The molecule has 0 bridgehead atoms. The minimum absolute atomic E-state index is 0.0137. The molecule has 0 radical (unpaired) electrons. The van der Waals surface area contributed by atoms with E-state index >= 15 is 0 Å². The molecule has 0 spiro atoms. The average Bonchev–Trinajstić information content (AvgIpc) is 2.99. The Labute approximate surface area is 285 Å². The van der Waals surface area contributed by atoms with Crippen LogP contribution < -0.4 is 23.7 Å². The number of aromatic hydroxyl groups is 1. The number of ether oxygens (including phenoxy) is 5. The Morgan fingerprint density at radius 2 is 0.920 bits per heavy atom. The topological polar surface area (TPSA) is 138 Å². The van der Waals surface area contributed by atoms with Gasteiger partial charge < -0.3 is 33.9 Å². The summed E-state index contributed by atoms with van der Waals surface area (Å²) in [6, 6.07) is 10.9. The molecule has 0 aliphatic heterocycles. The molecule has 3 aromatic carbocycles. The first kappa shape index (κ1) is 44.9. The number of halogens is 6. The van der Waals surface area contributed by atoms with Crippen LogP contribution in [0, 0.1) is 5.92 Å². The van der Waals surface area contributed by atoms with Gasteiger partial charge in [0.2, 0.25) is 0 Å². The maximum Gasteiger partial charge on any atom is 0.387 e. The first-order valence-electron chi connectivity index (χ1n) is 14.7. The highest BCUT2D eigenvalue weighted by Crippen LogP contribution is 2.32. The summed E-state index contributed by atoms with van der Waals surface area (Å²) < 4.78 is 94.6. The molecular formula is C34H40F6O10. The Balaban J connectivity index is 0.000000687. The molecule has 3 aromatic rings. The molecule has 2 N–H and O–H groups in total. The average molecular weight is 723 g/mol. The van der Waals surface area contributed by atoms with Gasteiger partial charge >= 0.3 is 25.8 Å². The van der Waals surface area contributed by atoms with Gasteiger partial charge in [-0.05, 0) is 88.2 Å². The van der Waals surface area contributed by atoms with E-state index in [-0.39, 0.29) is 52.1 Å². The van der Waals surface area contributed by atoms with Gasteiger partial charge in [-0.25, -0.2) is 4.79 Å². The number of carbonyl (C=O) groups is 3. The van der Waals surface area contributed by atoms with Crippen LogP contribution in [0.2, 0.25) is 0 Å². The number of benzene rings is 3. The summed E-state index contributed by atoms with van der Waals surface area (Å²) >= 11 is 0. The van der Waals surface area contributed by atoms with E-state index in [0.29, 0.717) is 18.1 Å². The lowest BCUT2D eigenvalue weighted by Crippen LogP contribution is -2.10. The molecule has 0 aromatic heterocycles. The molecule has 0 aliphatic carbocycles. The lowest BCUT2D eigenvalue weighted by atomic mass is 10.2.